The van der Waals surface area contributed by atoms with Gasteiger partial charge in [0.2, 0.25) is 5.78 Å². The van der Waals surface area contributed by atoms with Crippen LogP contribution in [0.15, 0.2) is 82.8 Å². The molecule has 36 heavy (non-hydrogen) atoms. The summed E-state index contributed by atoms with van der Waals surface area (Å²) in [5, 5.41) is 22.8. The summed E-state index contributed by atoms with van der Waals surface area (Å²) in [6, 6.07) is 13.2. The average Bonchev–Trinajstić information content (AvgIpc) is 3.62. The fourth-order valence-corrected chi connectivity index (χ4v) is 4.51. The Bertz CT molecular complexity index is 1500. The molecule has 2 N–H and O–H groups in total. The molecule has 1 amide bonds. The number of Topliss-reactive ketones (excluding diaryl/α,β-unsaturated/α-hetero) is 1. The number of amides is 1. The van der Waals surface area contributed by atoms with E-state index in [1.807, 2.05) is 24.4 Å². The van der Waals surface area contributed by atoms with Gasteiger partial charge in [0, 0.05) is 35.8 Å². The number of fused-ring (bicyclic) bond motifs is 1. The molecule has 0 bridgehead atoms. The Kier molecular flexibility index (Phi) is 5.77. The van der Waals surface area contributed by atoms with E-state index >= 15 is 0 Å². The van der Waals surface area contributed by atoms with Crippen LogP contribution in [0.5, 0.6) is 5.75 Å². The van der Waals surface area contributed by atoms with Crippen LogP contribution in [0.4, 0.5) is 5.69 Å². The molecule has 0 unspecified atom stereocenters. The van der Waals surface area contributed by atoms with Gasteiger partial charge in [0.25, 0.3) is 11.6 Å². The van der Waals surface area contributed by atoms with Crippen LogP contribution in [0.2, 0.25) is 0 Å². The predicted molar refractivity (Wildman–Crippen MR) is 129 cm³/mol. The molecule has 1 atom stereocenters. The smallest absolute Gasteiger partial charge is 0.290 e. The molecule has 0 spiro atoms. The number of hydrogen-bond donors (Lipinski definition) is 2. The third kappa shape index (κ3) is 3.88. The zero-order chi connectivity index (χ0) is 25.4. The number of nitro benzene ring substituents is 1. The minimum Gasteiger partial charge on any atom is -0.503 e. The van der Waals surface area contributed by atoms with Gasteiger partial charge in [-0.1, -0.05) is 0 Å². The summed E-state index contributed by atoms with van der Waals surface area (Å²) in [7, 11) is 1.58. The van der Waals surface area contributed by atoms with Crippen molar-refractivity contribution in [2.75, 3.05) is 13.7 Å². The number of aromatic nitrogens is 1. The number of carbonyl (C=O) groups is 2. The molecular weight excluding hydrogens is 466 g/mol. The second-order valence-electron chi connectivity index (χ2n) is 8.29. The topological polar surface area (TPSA) is 139 Å². The highest BCUT2D eigenvalue weighted by atomic mass is 16.6. The first-order chi connectivity index (χ1) is 17.4. The number of aromatic amines is 1. The standard InChI is InChI=1S/C26H21N3O7/c1-35-18-8-9-20-19(13-18)16(14-27-20)10-11-28-23(15-4-6-17(7-5-15)29(33)34)22(25(31)26(28)32)24(30)21-3-2-12-36-21/h2-9,12-14,23,27,31H,10-11H2,1H3/t23-/m1/s1. The first-order valence-electron chi connectivity index (χ1n) is 11.1. The Morgan fingerprint density at radius 2 is 2.00 bits per heavy atom. The number of aliphatic hydroxyl groups is 1. The molecule has 2 aromatic heterocycles. The quantitative estimate of drug-likeness (QED) is 0.212. The average molecular weight is 487 g/mol. The van der Waals surface area contributed by atoms with Gasteiger partial charge in [-0.15, -0.1) is 0 Å². The summed E-state index contributed by atoms with van der Waals surface area (Å²) in [6.07, 6.45) is 3.58. The van der Waals surface area contributed by atoms with Gasteiger partial charge in [0.15, 0.2) is 11.5 Å². The maximum Gasteiger partial charge on any atom is 0.290 e. The van der Waals surface area contributed by atoms with Gasteiger partial charge in [-0.3, -0.25) is 19.7 Å². The number of methoxy groups -OCH3 is 1. The van der Waals surface area contributed by atoms with Gasteiger partial charge >= 0.3 is 0 Å². The predicted octanol–water partition coefficient (Wildman–Crippen LogP) is 4.50. The maximum absolute atomic E-state index is 13.2. The number of H-pyrrole nitrogens is 1. The van der Waals surface area contributed by atoms with E-state index in [-0.39, 0.29) is 23.6 Å². The van der Waals surface area contributed by atoms with Gasteiger partial charge in [0.05, 0.1) is 29.9 Å². The van der Waals surface area contributed by atoms with Crippen LogP contribution in [0.3, 0.4) is 0 Å². The Balaban J connectivity index is 1.51. The van der Waals surface area contributed by atoms with Crippen LogP contribution in [0.25, 0.3) is 10.9 Å². The lowest BCUT2D eigenvalue weighted by molar-refractivity contribution is -0.384. The van der Waals surface area contributed by atoms with E-state index in [0.29, 0.717) is 17.7 Å². The Labute approximate surface area is 204 Å². The van der Waals surface area contributed by atoms with Crippen molar-refractivity contribution in [2.45, 2.75) is 12.5 Å². The largest absolute Gasteiger partial charge is 0.503 e. The molecule has 10 nitrogen and oxygen atoms in total. The second kappa shape index (κ2) is 9.06. The summed E-state index contributed by atoms with van der Waals surface area (Å²) in [6.45, 7) is 0.170. The Morgan fingerprint density at radius 3 is 2.67 bits per heavy atom. The number of nitro groups is 1. The molecule has 2 aromatic carbocycles. The third-order valence-corrected chi connectivity index (χ3v) is 6.31. The van der Waals surface area contributed by atoms with Crippen molar-refractivity contribution in [3.05, 3.63) is 105 Å². The highest BCUT2D eigenvalue weighted by molar-refractivity contribution is 6.15. The Morgan fingerprint density at radius 1 is 1.22 bits per heavy atom. The van der Waals surface area contributed by atoms with Crippen LogP contribution >= 0.6 is 0 Å². The van der Waals surface area contributed by atoms with Crippen LogP contribution in [-0.2, 0) is 11.2 Å². The number of rotatable bonds is 8. The van der Waals surface area contributed by atoms with Gasteiger partial charge in [-0.25, -0.2) is 0 Å². The monoisotopic (exact) mass is 487 g/mol. The number of benzene rings is 2. The molecule has 10 heteroatoms. The van der Waals surface area contributed by atoms with Crippen molar-refractivity contribution in [2.24, 2.45) is 0 Å². The lowest BCUT2D eigenvalue weighted by atomic mass is 9.94. The highest BCUT2D eigenvalue weighted by Gasteiger charge is 2.44. The van der Waals surface area contributed by atoms with E-state index in [9.17, 15) is 24.8 Å². The third-order valence-electron chi connectivity index (χ3n) is 6.31. The van der Waals surface area contributed by atoms with Gasteiger partial charge in [-0.2, -0.15) is 0 Å². The number of non-ortho nitro benzene ring substituents is 1. The van der Waals surface area contributed by atoms with Crippen molar-refractivity contribution in [1.82, 2.24) is 9.88 Å². The molecule has 4 aromatic rings. The number of nitrogens with one attached hydrogen (secondary N) is 1. The normalized spacial score (nSPS) is 15.6. The van der Waals surface area contributed by atoms with Gasteiger partial charge in [0.1, 0.15) is 5.75 Å². The minimum absolute atomic E-state index is 0.0261. The van der Waals surface area contributed by atoms with E-state index < -0.39 is 28.4 Å². The Hall–Kier alpha value is -4.86. The minimum atomic E-state index is -0.948. The summed E-state index contributed by atoms with van der Waals surface area (Å²) >= 11 is 0. The van der Waals surface area contributed by atoms with Crippen LogP contribution in [-0.4, -0.2) is 45.3 Å². The fraction of sp³-hybridized carbons (Fsp3) is 0.154. The molecule has 0 saturated heterocycles. The van der Waals surface area contributed by atoms with Gasteiger partial charge in [-0.05, 0) is 60.0 Å². The zero-order valence-electron chi connectivity index (χ0n) is 19.1. The SMILES string of the molecule is COc1ccc2[nH]cc(CCN3C(=O)C(O)=C(C(=O)c4ccco4)[C@H]3c3ccc([N+](=O)[O-])cc3)c2c1. The molecule has 0 radical (unpaired) electrons. The van der Waals surface area contributed by atoms with E-state index in [1.54, 1.807) is 7.11 Å². The molecule has 0 saturated carbocycles. The fourth-order valence-electron chi connectivity index (χ4n) is 4.51. The van der Waals surface area contributed by atoms with Gasteiger partial charge < -0.3 is 24.1 Å². The van der Waals surface area contributed by atoms with Crippen molar-refractivity contribution in [1.29, 1.82) is 0 Å². The summed E-state index contributed by atoms with van der Waals surface area (Å²) in [5.74, 6) is -1.34. The number of furan rings is 1. The van der Waals surface area contributed by atoms with Crippen molar-refractivity contribution < 1.29 is 28.8 Å². The molecule has 5 rings (SSSR count). The zero-order valence-corrected chi connectivity index (χ0v) is 19.1. The van der Waals surface area contributed by atoms with E-state index in [2.05, 4.69) is 4.98 Å². The molecule has 3 heterocycles. The molecule has 1 aliphatic heterocycles. The molecule has 0 fully saturated rings. The van der Waals surface area contributed by atoms with Crippen LogP contribution < -0.4 is 4.74 Å². The number of nitrogens with zero attached hydrogens (tertiary/aromatic N) is 2. The molecule has 0 aliphatic carbocycles. The molecule has 182 valence electrons. The van der Waals surface area contributed by atoms with Crippen LogP contribution in [0, 0.1) is 10.1 Å². The van der Waals surface area contributed by atoms with E-state index in [1.165, 1.54) is 47.6 Å². The van der Waals surface area contributed by atoms with E-state index in [4.69, 9.17) is 9.15 Å². The van der Waals surface area contributed by atoms with Crippen LogP contribution in [0.1, 0.15) is 27.7 Å². The van der Waals surface area contributed by atoms with Crippen molar-refractivity contribution in [3.63, 3.8) is 0 Å². The van der Waals surface area contributed by atoms with Crippen molar-refractivity contribution >= 4 is 28.3 Å². The number of carbonyl (C=O) groups excluding carboxylic acids is 2. The lowest BCUT2D eigenvalue weighted by Crippen LogP contribution is -2.33. The first kappa shape index (κ1) is 22.9. The number of ether oxygens (including phenoxy) is 1. The maximum atomic E-state index is 13.2. The summed E-state index contributed by atoms with van der Waals surface area (Å²) in [4.78, 5) is 41.6. The first-order valence-corrected chi connectivity index (χ1v) is 11.1. The lowest BCUT2D eigenvalue weighted by Gasteiger charge is -2.26. The number of ketones is 1. The second-order valence-corrected chi connectivity index (χ2v) is 8.29. The van der Waals surface area contributed by atoms with E-state index in [0.717, 1.165) is 16.5 Å². The van der Waals surface area contributed by atoms with Crippen molar-refractivity contribution in [3.8, 4) is 5.75 Å². The highest BCUT2D eigenvalue weighted by Crippen LogP contribution is 2.39. The molecule has 1 aliphatic rings. The summed E-state index contributed by atoms with van der Waals surface area (Å²) in [5.41, 5.74) is 2.01. The summed E-state index contributed by atoms with van der Waals surface area (Å²) < 4.78 is 10.5. The molecular formula is C26H21N3O7. The number of aliphatic hydroxyl groups excluding tert-OH is 1. The number of hydrogen-bond acceptors (Lipinski definition) is 7.